The third kappa shape index (κ3) is 6.63. The number of aliphatic carboxylic acids is 1. The van der Waals surface area contributed by atoms with Gasteiger partial charge in [0.25, 0.3) is 0 Å². The predicted molar refractivity (Wildman–Crippen MR) is 189 cm³/mol. The summed E-state index contributed by atoms with van der Waals surface area (Å²) in [5.74, 6) is -3.45. The second kappa shape index (κ2) is 13.8. The molecule has 1 saturated carbocycles. The van der Waals surface area contributed by atoms with Crippen LogP contribution >= 0.6 is 11.8 Å². The minimum Gasteiger partial charge on any atom is -0.492 e. The van der Waals surface area contributed by atoms with Crippen molar-refractivity contribution in [2.45, 2.75) is 73.9 Å². The highest BCUT2D eigenvalue weighted by Gasteiger charge is 2.64. The lowest BCUT2D eigenvalue weighted by Gasteiger charge is -2.43. The average Bonchev–Trinajstić information content (AvgIpc) is 3.90. The average molecular weight is 725 g/mol. The second-order valence-electron chi connectivity index (χ2n) is 13.7. The fourth-order valence-corrected chi connectivity index (χ4v) is 8.69. The van der Waals surface area contributed by atoms with Crippen LogP contribution in [-0.4, -0.2) is 98.4 Å². The van der Waals surface area contributed by atoms with Crippen molar-refractivity contribution in [2.24, 2.45) is 5.73 Å². The predicted octanol–water partition coefficient (Wildman–Crippen LogP) is 2.30. The topological polar surface area (TPSA) is 197 Å². The van der Waals surface area contributed by atoms with Crippen molar-refractivity contribution in [3.63, 3.8) is 0 Å². The Morgan fingerprint density at radius 2 is 1.84 bits per heavy atom. The van der Waals surface area contributed by atoms with E-state index in [1.807, 2.05) is 17.9 Å². The van der Waals surface area contributed by atoms with Gasteiger partial charge in [0, 0.05) is 42.7 Å². The molecule has 16 heteroatoms. The van der Waals surface area contributed by atoms with Gasteiger partial charge < -0.3 is 45.7 Å². The SMILES string of the molecule is CC1(C)S[C@@H]2[C@H](NC(=O)[C@H](N)c3ccccc3)C(=O)N2[C@H]1C(=O)O.COc1c(N2CCNC(C)C2)c(F)cc2c(=O)c(C(=O)O)cn(C3CC3)c12. The van der Waals surface area contributed by atoms with Crippen molar-refractivity contribution in [3.05, 3.63) is 69.8 Å². The van der Waals surface area contributed by atoms with Crippen LogP contribution in [-0.2, 0) is 14.4 Å². The molecule has 3 aromatic rings. The number of nitrogens with zero attached hydrogens (tertiary/aromatic N) is 3. The van der Waals surface area contributed by atoms with Crippen LogP contribution in [0.3, 0.4) is 0 Å². The van der Waals surface area contributed by atoms with Crippen LogP contribution in [0.25, 0.3) is 10.9 Å². The molecule has 4 fully saturated rings. The Balaban J connectivity index is 0.000000177. The number of carbonyl (C=O) groups excluding carboxylic acids is 2. The van der Waals surface area contributed by atoms with Gasteiger partial charge in [-0.2, -0.15) is 0 Å². The van der Waals surface area contributed by atoms with Crippen molar-refractivity contribution < 1.29 is 38.5 Å². The molecule has 1 aromatic heterocycles. The molecule has 272 valence electrons. The maximum absolute atomic E-state index is 15.1. The standard InChI is InChI=1S/C19H22FN3O4.C16H19N3O4S/c1-10-8-22(6-5-21-10)16-14(20)7-12-15(18(16)27-2)23(11-3-4-11)9-13(17(12)24)19(25)26;1-16(2)11(15(22)23)19-13(21)10(14(19)24-16)18-12(20)9(17)8-6-4-3-5-7-8/h7,9-11,21H,3-6,8H2,1-2H3,(H,25,26);3-7,9-11,14H,17H2,1-2H3,(H,18,20)(H,22,23)/t;9-,10-,11+,14-/m.1/s1. The highest BCUT2D eigenvalue weighted by atomic mass is 32.2. The van der Waals surface area contributed by atoms with Gasteiger partial charge in [0.05, 0.1) is 18.0 Å². The highest BCUT2D eigenvalue weighted by molar-refractivity contribution is 8.01. The number of hydrogen-bond acceptors (Lipinski definition) is 10. The monoisotopic (exact) mass is 724 g/mol. The quantitative estimate of drug-likeness (QED) is 0.213. The molecule has 2 amide bonds. The van der Waals surface area contributed by atoms with Gasteiger partial charge in [-0.1, -0.05) is 30.3 Å². The molecule has 1 aliphatic carbocycles. The first-order valence-electron chi connectivity index (χ1n) is 16.7. The third-order valence-corrected chi connectivity index (χ3v) is 11.2. The Kier molecular flexibility index (Phi) is 9.78. The molecule has 7 rings (SSSR count). The molecule has 0 radical (unpaired) electrons. The Labute approximate surface area is 297 Å². The fourth-order valence-electron chi connectivity index (χ4n) is 7.06. The number of aromatic nitrogens is 1. The van der Waals surface area contributed by atoms with Crippen molar-refractivity contribution in [1.82, 2.24) is 20.1 Å². The Morgan fingerprint density at radius 1 is 1.16 bits per heavy atom. The molecule has 1 unspecified atom stereocenters. The first-order valence-corrected chi connectivity index (χ1v) is 17.5. The van der Waals surface area contributed by atoms with E-state index in [0.717, 1.165) is 25.5 Å². The number of ether oxygens (including phenoxy) is 1. The lowest BCUT2D eigenvalue weighted by molar-refractivity contribution is -0.161. The van der Waals surface area contributed by atoms with E-state index < -0.39 is 52.0 Å². The number of pyridine rings is 1. The van der Waals surface area contributed by atoms with Gasteiger partial charge >= 0.3 is 11.9 Å². The number of fused-ring (bicyclic) bond motifs is 2. The zero-order valence-corrected chi connectivity index (χ0v) is 29.4. The molecule has 3 saturated heterocycles. The van der Waals surface area contributed by atoms with E-state index in [-0.39, 0.29) is 34.3 Å². The number of carboxylic acids is 2. The first kappa shape index (κ1) is 36.1. The number of methoxy groups -OCH3 is 1. The Bertz CT molecular complexity index is 1950. The van der Waals surface area contributed by atoms with Gasteiger partial charge in [0.2, 0.25) is 17.2 Å². The summed E-state index contributed by atoms with van der Waals surface area (Å²) in [5, 5.41) is 24.4. The van der Waals surface area contributed by atoms with Gasteiger partial charge in [0.15, 0.2) is 11.6 Å². The molecule has 4 aliphatic rings. The van der Waals surface area contributed by atoms with Crippen LogP contribution in [0.4, 0.5) is 10.1 Å². The number of hydrogen-bond donors (Lipinski definition) is 5. The number of carbonyl (C=O) groups is 4. The maximum Gasteiger partial charge on any atom is 0.341 e. The van der Waals surface area contributed by atoms with Crippen LogP contribution in [0, 0.1) is 5.82 Å². The third-order valence-electron chi connectivity index (χ3n) is 9.67. The molecule has 5 atom stereocenters. The van der Waals surface area contributed by atoms with Crippen LogP contribution in [0.2, 0.25) is 0 Å². The number of thioether (sulfide) groups is 1. The Hall–Kier alpha value is -4.67. The van der Waals surface area contributed by atoms with E-state index in [2.05, 4.69) is 10.6 Å². The summed E-state index contributed by atoms with van der Waals surface area (Å²) in [7, 11) is 1.45. The molecular formula is C35H41FN6O8S. The summed E-state index contributed by atoms with van der Waals surface area (Å²) in [5.41, 5.74) is 6.36. The Morgan fingerprint density at radius 3 is 2.43 bits per heavy atom. The number of anilines is 1. The van der Waals surface area contributed by atoms with Gasteiger partial charge in [-0.15, -0.1) is 11.8 Å². The maximum atomic E-state index is 15.1. The van der Waals surface area contributed by atoms with Gasteiger partial charge in [0.1, 0.15) is 34.8 Å². The molecule has 3 aliphatic heterocycles. The molecule has 0 bridgehead atoms. The van der Waals surface area contributed by atoms with E-state index in [9.17, 15) is 34.2 Å². The second-order valence-corrected chi connectivity index (χ2v) is 15.5. The first-order chi connectivity index (χ1) is 24.2. The largest absolute Gasteiger partial charge is 0.492 e. The van der Waals surface area contributed by atoms with Crippen LogP contribution in [0.1, 0.15) is 61.6 Å². The summed E-state index contributed by atoms with van der Waals surface area (Å²) in [4.78, 5) is 63.6. The highest BCUT2D eigenvalue weighted by Crippen LogP contribution is 2.51. The van der Waals surface area contributed by atoms with Gasteiger partial charge in [-0.05, 0) is 45.2 Å². The smallest absolute Gasteiger partial charge is 0.341 e. The van der Waals surface area contributed by atoms with E-state index in [4.69, 9.17) is 10.5 Å². The molecule has 4 heterocycles. The minimum atomic E-state index is -1.31. The number of halogens is 1. The summed E-state index contributed by atoms with van der Waals surface area (Å²) in [6, 6.07) is 7.83. The number of piperazine rings is 1. The number of benzene rings is 2. The number of aromatic carboxylic acids is 1. The van der Waals surface area contributed by atoms with Crippen molar-refractivity contribution in [2.75, 3.05) is 31.6 Å². The number of nitrogens with two attached hydrogens (primary N) is 1. The number of nitrogens with one attached hydrogen (secondary N) is 2. The van der Waals surface area contributed by atoms with Gasteiger partial charge in [-0.3, -0.25) is 14.4 Å². The fraction of sp³-hybridized carbons (Fsp3) is 0.457. The molecule has 2 aromatic carbocycles. The van der Waals surface area contributed by atoms with E-state index in [1.54, 1.807) is 42.7 Å². The number of carboxylic acid groups (broad SMARTS) is 2. The molecular weight excluding hydrogens is 683 g/mol. The lowest BCUT2D eigenvalue weighted by Crippen LogP contribution is -2.71. The molecule has 6 N–H and O–H groups in total. The summed E-state index contributed by atoms with van der Waals surface area (Å²) in [6.45, 7) is 7.54. The summed E-state index contributed by atoms with van der Waals surface area (Å²) >= 11 is 1.38. The molecule has 14 nitrogen and oxygen atoms in total. The van der Waals surface area contributed by atoms with E-state index >= 15 is 4.39 Å². The van der Waals surface area contributed by atoms with Crippen molar-refractivity contribution >= 4 is 52.1 Å². The van der Waals surface area contributed by atoms with E-state index in [1.165, 1.54) is 30.0 Å². The van der Waals surface area contributed by atoms with Crippen LogP contribution in [0.5, 0.6) is 5.75 Å². The van der Waals surface area contributed by atoms with Crippen molar-refractivity contribution in [3.8, 4) is 5.75 Å². The van der Waals surface area contributed by atoms with Gasteiger partial charge in [-0.25, -0.2) is 14.0 Å². The molecule has 51 heavy (non-hydrogen) atoms. The molecule has 0 spiro atoms. The number of rotatable bonds is 8. The van der Waals surface area contributed by atoms with E-state index in [0.29, 0.717) is 35.6 Å². The lowest BCUT2D eigenvalue weighted by atomic mass is 9.95. The normalized spacial score (nSPS) is 24.2. The van der Waals surface area contributed by atoms with Crippen LogP contribution in [0.15, 0.2) is 47.4 Å². The van der Waals surface area contributed by atoms with Crippen LogP contribution < -0.4 is 31.4 Å². The minimum absolute atomic E-state index is 0.0445. The summed E-state index contributed by atoms with van der Waals surface area (Å²) in [6.07, 6.45) is 3.14. The number of β-lactam (4-membered cyclic amide) rings is 1. The zero-order chi connectivity index (χ0) is 36.9. The van der Waals surface area contributed by atoms with Crippen molar-refractivity contribution in [1.29, 1.82) is 0 Å². The number of amides is 2. The zero-order valence-electron chi connectivity index (χ0n) is 28.6. The summed E-state index contributed by atoms with van der Waals surface area (Å²) < 4.78 is 21.8.